The van der Waals surface area contributed by atoms with Gasteiger partial charge in [0.25, 0.3) is 0 Å². The highest BCUT2D eigenvalue weighted by atomic mass is 15.0. The topological polar surface area (TPSA) is 12.0 Å². The smallest absolute Gasteiger partial charge is 0.0572 e. The van der Waals surface area contributed by atoms with E-state index in [2.05, 4.69) is 111 Å². The standard InChI is InChI=1S/C25H25N/c1-18-17-19-11-7-8-14-21(19)24(18)22-15-9-10-16-23(22)25(2,3)26-20-12-5-4-6-13-20/h4-17,24,26H,1-3H3. The number of rotatable bonds is 4. The summed E-state index contributed by atoms with van der Waals surface area (Å²) in [5, 5.41) is 3.72. The average molecular weight is 339 g/mol. The molecule has 1 unspecified atom stereocenters. The summed E-state index contributed by atoms with van der Waals surface area (Å²) in [5.41, 5.74) is 7.88. The van der Waals surface area contributed by atoms with Gasteiger partial charge in [-0.2, -0.15) is 0 Å². The Labute approximate surface area is 156 Å². The average Bonchev–Trinajstić information content (AvgIpc) is 2.98. The van der Waals surface area contributed by atoms with Crippen molar-refractivity contribution in [1.82, 2.24) is 0 Å². The van der Waals surface area contributed by atoms with Gasteiger partial charge in [-0.1, -0.05) is 78.4 Å². The van der Waals surface area contributed by atoms with Gasteiger partial charge in [-0.3, -0.25) is 0 Å². The minimum atomic E-state index is -0.171. The second-order valence-electron chi connectivity index (χ2n) is 7.65. The van der Waals surface area contributed by atoms with E-state index in [1.54, 1.807) is 0 Å². The second-order valence-corrected chi connectivity index (χ2v) is 7.65. The molecule has 0 heterocycles. The molecule has 0 aromatic heterocycles. The molecular formula is C25H25N. The molecule has 4 rings (SSSR count). The highest BCUT2D eigenvalue weighted by molar-refractivity contribution is 5.69. The Morgan fingerprint density at radius 2 is 1.35 bits per heavy atom. The van der Waals surface area contributed by atoms with Gasteiger partial charge in [-0.05, 0) is 55.2 Å². The molecule has 1 aliphatic carbocycles. The SMILES string of the molecule is CC1=Cc2ccccc2C1c1ccccc1C(C)(C)Nc1ccccc1. The number of anilines is 1. The first-order valence-corrected chi connectivity index (χ1v) is 9.26. The Morgan fingerprint density at radius 1 is 0.731 bits per heavy atom. The van der Waals surface area contributed by atoms with Crippen molar-refractivity contribution in [3.63, 3.8) is 0 Å². The van der Waals surface area contributed by atoms with Crippen LogP contribution in [-0.4, -0.2) is 0 Å². The molecule has 1 atom stereocenters. The van der Waals surface area contributed by atoms with E-state index in [9.17, 15) is 0 Å². The first kappa shape index (κ1) is 16.7. The van der Waals surface area contributed by atoms with E-state index in [0.29, 0.717) is 5.92 Å². The van der Waals surface area contributed by atoms with Gasteiger partial charge < -0.3 is 5.32 Å². The van der Waals surface area contributed by atoms with E-state index < -0.39 is 0 Å². The Balaban J connectivity index is 1.78. The molecule has 130 valence electrons. The molecule has 3 aromatic rings. The van der Waals surface area contributed by atoms with Crippen LogP contribution in [0, 0.1) is 0 Å². The maximum atomic E-state index is 3.72. The Hall–Kier alpha value is -2.80. The van der Waals surface area contributed by atoms with Crippen molar-refractivity contribution < 1.29 is 0 Å². The van der Waals surface area contributed by atoms with Crippen molar-refractivity contribution in [3.05, 3.63) is 107 Å². The van der Waals surface area contributed by atoms with E-state index in [1.165, 1.54) is 27.8 Å². The van der Waals surface area contributed by atoms with Crippen LogP contribution >= 0.6 is 0 Å². The maximum Gasteiger partial charge on any atom is 0.0572 e. The Morgan fingerprint density at radius 3 is 2.12 bits per heavy atom. The molecule has 0 aliphatic heterocycles. The monoisotopic (exact) mass is 339 g/mol. The molecule has 0 spiro atoms. The molecule has 0 fully saturated rings. The number of nitrogens with one attached hydrogen (secondary N) is 1. The molecule has 0 saturated heterocycles. The number of benzene rings is 3. The summed E-state index contributed by atoms with van der Waals surface area (Å²) in [5.74, 6) is 0.333. The quantitative estimate of drug-likeness (QED) is 0.566. The lowest BCUT2D eigenvalue weighted by molar-refractivity contribution is 0.599. The summed E-state index contributed by atoms with van der Waals surface area (Å²) in [6.45, 7) is 6.77. The molecular weight excluding hydrogens is 314 g/mol. The molecule has 0 saturated carbocycles. The van der Waals surface area contributed by atoms with E-state index >= 15 is 0 Å². The van der Waals surface area contributed by atoms with Gasteiger partial charge >= 0.3 is 0 Å². The predicted molar refractivity (Wildman–Crippen MR) is 111 cm³/mol. The van der Waals surface area contributed by atoms with Gasteiger partial charge in [0.15, 0.2) is 0 Å². The lowest BCUT2D eigenvalue weighted by atomic mass is 9.80. The van der Waals surface area contributed by atoms with Crippen molar-refractivity contribution in [3.8, 4) is 0 Å². The summed E-state index contributed by atoms with van der Waals surface area (Å²) < 4.78 is 0. The van der Waals surface area contributed by atoms with Gasteiger partial charge in [0.05, 0.1) is 5.54 Å². The van der Waals surface area contributed by atoms with Gasteiger partial charge in [0, 0.05) is 11.6 Å². The lowest BCUT2D eigenvalue weighted by Gasteiger charge is -2.32. The van der Waals surface area contributed by atoms with Crippen LogP contribution in [0.5, 0.6) is 0 Å². The Bertz CT molecular complexity index is 951. The second kappa shape index (κ2) is 6.49. The zero-order valence-corrected chi connectivity index (χ0v) is 15.7. The highest BCUT2D eigenvalue weighted by Crippen LogP contribution is 2.44. The summed E-state index contributed by atoms with van der Waals surface area (Å²) in [6, 6.07) is 28.1. The number of hydrogen-bond acceptors (Lipinski definition) is 1. The fourth-order valence-corrected chi connectivity index (χ4v) is 4.16. The van der Waals surface area contributed by atoms with Crippen LogP contribution in [-0.2, 0) is 5.54 Å². The number of fused-ring (bicyclic) bond motifs is 1. The van der Waals surface area contributed by atoms with Crippen LogP contribution < -0.4 is 5.32 Å². The van der Waals surface area contributed by atoms with Crippen molar-refractivity contribution in [2.45, 2.75) is 32.2 Å². The maximum absolute atomic E-state index is 3.72. The third-order valence-corrected chi connectivity index (χ3v) is 5.32. The van der Waals surface area contributed by atoms with Crippen molar-refractivity contribution >= 4 is 11.8 Å². The summed E-state index contributed by atoms with van der Waals surface area (Å²) in [7, 11) is 0. The van der Waals surface area contributed by atoms with E-state index in [4.69, 9.17) is 0 Å². The third kappa shape index (κ3) is 2.94. The molecule has 1 N–H and O–H groups in total. The van der Waals surface area contributed by atoms with Gasteiger partial charge in [0.1, 0.15) is 0 Å². The van der Waals surface area contributed by atoms with Crippen molar-refractivity contribution in [2.24, 2.45) is 0 Å². The Kier molecular flexibility index (Phi) is 4.16. The number of allylic oxidation sites excluding steroid dienone is 1. The van der Waals surface area contributed by atoms with Crippen molar-refractivity contribution in [2.75, 3.05) is 5.32 Å². The first-order chi connectivity index (χ1) is 12.6. The zero-order chi connectivity index (χ0) is 18.1. The van der Waals surface area contributed by atoms with E-state index in [1.807, 2.05) is 0 Å². The predicted octanol–water partition coefficient (Wildman–Crippen LogP) is 6.58. The fourth-order valence-electron chi connectivity index (χ4n) is 4.16. The first-order valence-electron chi connectivity index (χ1n) is 9.26. The third-order valence-electron chi connectivity index (χ3n) is 5.32. The minimum absolute atomic E-state index is 0.171. The number of para-hydroxylation sites is 1. The molecule has 1 heteroatoms. The molecule has 26 heavy (non-hydrogen) atoms. The normalized spacial score (nSPS) is 16.1. The van der Waals surface area contributed by atoms with Crippen molar-refractivity contribution in [1.29, 1.82) is 0 Å². The fraction of sp³-hybridized carbons (Fsp3) is 0.200. The van der Waals surface area contributed by atoms with Crippen LogP contribution in [0.1, 0.15) is 48.9 Å². The van der Waals surface area contributed by atoms with Crippen LogP contribution in [0.25, 0.3) is 6.08 Å². The summed E-state index contributed by atoms with van der Waals surface area (Å²) in [6.07, 6.45) is 2.33. The molecule has 1 aliphatic rings. The largest absolute Gasteiger partial charge is 0.376 e. The molecule has 1 nitrogen and oxygen atoms in total. The zero-order valence-electron chi connectivity index (χ0n) is 15.7. The van der Waals surface area contributed by atoms with Crippen LogP contribution in [0.15, 0.2) is 84.4 Å². The molecule has 0 bridgehead atoms. The van der Waals surface area contributed by atoms with Crippen LogP contribution in [0.4, 0.5) is 5.69 Å². The van der Waals surface area contributed by atoms with E-state index in [0.717, 1.165) is 5.69 Å². The molecule has 0 radical (unpaired) electrons. The van der Waals surface area contributed by atoms with Gasteiger partial charge in [-0.25, -0.2) is 0 Å². The lowest BCUT2D eigenvalue weighted by Crippen LogP contribution is -2.30. The summed E-state index contributed by atoms with van der Waals surface area (Å²) >= 11 is 0. The number of hydrogen-bond donors (Lipinski definition) is 1. The van der Waals surface area contributed by atoms with Gasteiger partial charge in [-0.15, -0.1) is 0 Å². The van der Waals surface area contributed by atoms with E-state index in [-0.39, 0.29) is 5.54 Å². The van der Waals surface area contributed by atoms with Crippen LogP contribution in [0.2, 0.25) is 0 Å². The van der Waals surface area contributed by atoms with Gasteiger partial charge in [0.2, 0.25) is 0 Å². The molecule has 3 aromatic carbocycles. The van der Waals surface area contributed by atoms with Crippen LogP contribution in [0.3, 0.4) is 0 Å². The minimum Gasteiger partial charge on any atom is -0.376 e. The highest BCUT2D eigenvalue weighted by Gasteiger charge is 2.30. The molecule has 0 amide bonds. The summed E-state index contributed by atoms with van der Waals surface area (Å²) in [4.78, 5) is 0.